The Morgan fingerprint density at radius 3 is 1.18 bits per heavy atom. The summed E-state index contributed by atoms with van der Waals surface area (Å²) < 4.78 is 11.3. The van der Waals surface area contributed by atoms with Crippen molar-refractivity contribution in [2.45, 2.75) is 339 Å². The second-order valence-electron chi connectivity index (χ2n) is 22.5. The van der Waals surface area contributed by atoms with E-state index in [9.17, 15) is 30.3 Å². The summed E-state index contributed by atoms with van der Waals surface area (Å²) in [6, 6.07) is -0.833. The number of ether oxygens (including phenoxy) is 2. The molecule has 448 valence electrons. The van der Waals surface area contributed by atoms with E-state index in [1.807, 2.05) is 6.08 Å². The Hall–Kier alpha value is -2.37. The van der Waals surface area contributed by atoms with Crippen molar-refractivity contribution in [1.29, 1.82) is 0 Å². The van der Waals surface area contributed by atoms with Crippen molar-refractivity contribution in [3.8, 4) is 0 Å². The molecular weight excluding hydrogens is 959 g/mol. The Labute approximate surface area is 474 Å². The fraction of sp³-hybridized carbons (Fsp3) is 0.809. The van der Waals surface area contributed by atoms with Crippen LogP contribution in [0.4, 0.5) is 0 Å². The number of carbonyl (C=O) groups excluding carboxylic acids is 1. The zero-order chi connectivity index (χ0) is 55.8. The van der Waals surface area contributed by atoms with Crippen LogP contribution in [-0.4, -0.2) is 87.5 Å². The molecule has 6 N–H and O–H groups in total. The van der Waals surface area contributed by atoms with Gasteiger partial charge in [0.15, 0.2) is 6.29 Å². The zero-order valence-electron chi connectivity index (χ0n) is 50.0. The molecular formula is C68H123NO8. The van der Waals surface area contributed by atoms with Crippen LogP contribution in [0.2, 0.25) is 0 Å². The van der Waals surface area contributed by atoms with Gasteiger partial charge in [-0.25, -0.2) is 0 Å². The van der Waals surface area contributed by atoms with Gasteiger partial charge in [0.05, 0.1) is 25.4 Å². The van der Waals surface area contributed by atoms with Crippen molar-refractivity contribution < 1.29 is 39.8 Å². The molecule has 77 heavy (non-hydrogen) atoms. The molecule has 1 heterocycles. The van der Waals surface area contributed by atoms with Gasteiger partial charge in [-0.3, -0.25) is 4.79 Å². The number of hydrogen-bond donors (Lipinski definition) is 6. The van der Waals surface area contributed by atoms with Crippen LogP contribution in [0.15, 0.2) is 72.9 Å². The molecule has 9 nitrogen and oxygen atoms in total. The highest BCUT2D eigenvalue weighted by molar-refractivity contribution is 5.76. The third-order valence-corrected chi connectivity index (χ3v) is 15.2. The van der Waals surface area contributed by atoms with E-state index in [-0.39, 0.29) is 12.5 Å². The summed E-state index contributed by atoms with van der Waals surface area (Å²) in [5.74, 6) is -0.190. The molecule has 1 rings (SSSR count). The Balaban J connectivity index is 2.20. The summed E-state index contributed by atoms with van der Waals surface area (Å²) >= 11 is 0. The van der Waals surface area contributed by atoms with Crippen LogP contribution in [0.3, 0.4) is 0 Å². The fourth-order valence-corrected chi connectivity index (χ4v) is 10.1. The molecule has 9 heteroatoms. The summed E-state index contributed by atoms with van der Waals surface area (Å²) in [5, 5.41) is 54.6. The third-order valence-electron chi connectivity index (χ3n) is 15.2. The summed E-state index contributed by atoms with van der Waals surface area (Å²) in [7, 11) is 0. The SMILES string of the molecule is CCCCCCC/C=C\C/C=C\C/C=C\CCCCCCCCCCCCCCCCC(=O)NC(COC1OC(CO)C(O)C(O)C1O)C(O)/C=C/CC/C=C/CC/C=C/CCCCCCCCCCCCCCCCC. The number of nitrogens with one attached hydrogen (secondary N) is 1. The highest BCUT2D eigenvalue weighted by Gasteiger charge is 2.44. The van der Waals surface area contributed by atoms with Gasteiger partial charge < -0.3 is 40.3 Å². The zero-order valence-corrected chi connectivity index (χ0v) is 50.0. The highest BCUT2D eigenvalue weighted by Crippen LogP contribution is 2.23. The molecule has 0 saturated carbocycles. The number of carbonyl (C=O) groups is 1. The van der Waals surface area contributed by atoms with Crippen LogP contribution >= 0.6 is 0 Å². The van der Waals surface area contributed by atoms with Gasteiger partial charge in [0, 0.05) is 6.42 Å². The van der Waals surface area contributed by atoms with Gasteiger partial charge in [-0.2, -0.15) is 0 Å². The van der Waals surface area contributed by atoms with E-state index in [1.54, 1.807) is 6.08 Å². The van der Waals surface area contributed by atoms with E-state index >= 15 is 0 Å². The molecule has 0 bridgehead atoms. The number of hydrogen-bond acceptors (Lipinski definition) is 8. The second kappa shape index (κ2) is 56.9. The molecule has 1 amide bonds. The topological polar surface area (TPSA) is 149 Å². The molecule has 7 unspecified atom stereocenters. The number of amides is 1. The van der Waals surface area contributed by atoms with Crippen molar-refractivity contribution in [1.82, 2.24) is 5.32 Å². The standard InChI is InChI=1S/C68H123NO8/c1-3-5-7-9-11-13-15-17-19-21-23-25-27-29-30-31-32-34-36-38-40-42-44-46-48-50-52-54-56-58-64(72)69-61(60-76-68-67(75)66(74)65(73)63(59-70)77-68)62(71)57-55-53-51-49-47-45-43-41-39-37-35-33-28-26-24-22-20-18-16-14-12-10-8-6-4-2/h15,17,21,23,27,29,39,41,47,49,55,57,61-63,65-68,70-71,73-75H,3-14,16,18-20,22,24-26,28,30-38,40,42-46,48,50-54,56,58-60H2,1-2H3,(H,69,72)/b17-15-,23-21-,29-27-,41-39+,49-47+,57-55+. The molecule has 1 saturated heterocycles. The Bertz CT molecular complexity index is 1440. The van der Waals surface area contributed by atoms with Gasteiger partial charge in [0.1, 0.15) is 24.4 Å². The molecule has 1 fully saturated rings. The number of unbranched alkanes of at least 4 members (excludes halogenated alkanes) is 36. The minimum Gasteiger partial charge on any atom is -0.394 e. The van der Waals surface area contributed by atoms with Crippen molar-refractivity contribution >= 4 is 5.91 Å². The minimum absolute atomic E-state index is 0.190. The van der Waals surface area contributed by atoms with Crippen LogP contribution < -0.4 is 5.32 Å². The van der Waals surface area contributed by atoms with Gasteiger partial charge in [0.25, 0.3) is 0 Å². The van der Waals surface area contributed by atoms with Crippen molar-refractivity contribution in [2.24, 2.45) is 0 Å². The molecule has 1 aliphatic heterocycles. The first-order valence-corrected chi connectivity index (χ1v) is 32.7. The Kier molecular flexibility index (Phi) is 53.7. The molecule has 7 atom stereocenters. The molecule has 0 aliphatic carbocycles. The van der Waals surface area contributed by atoms with Gasteiger partial charge in [0.2, 0.25) is 5.91 Å². The van der Waals surface area contributed by atoms with Crippen LogP contribution in [-0.2, 0) is 14.3 Å². The molecule has 0 spiro atoms. The molecule has 0 aromatic carbocycles. The summed E-state index contributed by atoms with van der Waals surface area (Å²) in [5.41, 5.74) is 0. The van der Waals surface area contributed by atoms with Gasteiger partial charge >= 0.3 is 0 Å². The van der Waals surface area contributed by atoms with Crippen LogP contribution in [0.25, 0.3) is 0 Å². The normalized spacial score (nSPS) is 19.2. The average Bonchev–Trinajstić information content (AvgIpc) is 3.43. The first kappa shape index (κ1) is 72.6. The lowest BCUT2D eigenvalue weighted by Crippen LogP contribution is -2.60. The first-order chi connectivity index (χ1) is 37.8. The highest BCUT2D eigenvalue weighted by atomic mass is 16.7. The maximum Gasteiger partial charge on any atom is 0.220 e. The van der Waals surface area contributed by atoms with Gasteiger partial charge in [-0.1, -0.05) is 279 Å². The van der Waals surface area contributed by atoms with E-state index in [1.165, 1.54) is 218 Å². The maximum atomic E-state index is 13.1. The number of aliphatic hydroxyl groups is 5. The summed E-state index contributed by atoms with van der Waals surface area (Å²) in [6.07, 6.45) is 72.7. The van der Waals surface area contributed by atoms with E-state index in [4.69, 9.17) is 9.47 Å². The smallest absolute Gasteiger partial charge is 0.220 e. The number of rotatable bonds is 56. The molecule has 1 aliphatic rings. The fourth-order valence-electron chi connectivity index (χ4n) is 10.1. The lowest BCUT2D eigenvalue weighted by atomic mass is 9.99. The Morgan fingerprint density at radius 1 is 0.442 bits per heavy atom. The quantitative estimate of drug-likeness (QED) is 0.0261. The maximum absolute atomic E-state index is 13.1. The van der Waals surface area contributed by atoms with Gasteiger partial charge in [-0.05, 0) is 83.5 Å². The lowest BCUT2D eigenvalue weighted by molar-refractivity contribution is -0.302. The number of allylic oxidation sites excluding steroid dienone is 11. The van der Waals surface area contributed by atoms with E-state index < -0.39 is 49.5 Å². The summed E-state index contributed by atoms with van der Waals surface area (Å²) in [6.45, 7) is 3.77. The van der Waals surface area contributed by atoms with Gasteiger partial charge in [-0.15, -0.1) is 0 Å². The molecule has 0 aromatic rings. The van der Waals surface area contributed by atoms with Crippen LogP contribution in [0, 0.1) is 0 Å². The predicted molar refractivity (Wildman–Crippen MR) is 327 cm³/mol. The molecule has 0 radical (unpaired) electrons. The van der Waals surface area contributed by atoms with E-state index in [0.717, 1.165) is 57.8 Å². The lowest BCUT2D eigenvalue weighted by Gasteiger charge is -2.40. The predicted octanol–water partition coefficient (Wildman–Crippen LogP) is 17.2. The largest absolute Gasteiger partial charge is 0.394 e. The van der Waals surface area contributed by atoms with Crippen molar-refractivity contribution in [2.75, 3.05) is 13.2 Å². The summed E-state index contributed by atoms with van der Waals surface area (Å²) in [4.78, 5) is 13.1. The average molecular weight is 1080 g/mol. The van der Waals surface area contributed by atoms with Crippen LogP contribution in [0.5, 0.6) is 0 Å². The van der Waals surface area contributed by atoms with Crippen molar-refractivity contribution in [3.05, 3.63) is 72.9 Å². The van der Waals surface area contributed by atoms with Crippen LogP contribution in [0.1, 0.15) is 296 Å². The minimum atomic E-state index is -1.58. The Morgan fingerprint density at radius 2 is 0.779 bits per heavy atom. The van der Waals surface area contributed by atoms with E-state index in [0.29, 0.717) is 6.42 Å². The third kappa shape index (κ3) is 46.0. The first-order valence-electron chi connectivity index (χ1n) is 32.7. The molecule has 0 aromatic heterocycles. The monoisotopic (exact) mass is 1080 g/mol. The number of aliphatic hydroxyl groups excluding tert-OH is 5. The van der Waals surface area contributed by atoms with E-state index in [2.05, 4.69) is 79.9 Å². The van der Waals surface area contributed by atoms with Crippen molar-refractivity contribution in [3.63, 3.8) is 0 Å². The second-order valence-corrected chi connectivity index (χ2v) is 22.5.